The lowest BCUT2D eigenvalue weighted by Gasteiger charge is -2.23. The minimum atomic E-state index is -0.672. The molecule has 1 fully saturated rings. The molecule has 2 aliphatic rings. The molecule has 0 saturated carbocycles. The summed E-state index contributed by atoms with van der Waals surface area (Å²) in [6, 6.07) is 6.33. The van der Waals surface area contributed by atoms with Crippen LogP contribution in [-0.2, 0) is 19.1 Å². The molecule has 1 aromatic carbocycles. The first-order valence-electron chi connectivity index (χ1n) is 5.95. The highest BCUT2D eigenvalue weighted by Crippen LogP contribution is 2.29. The van der Waals surface area contributed by atoms with E-state index in [1.807, 2.05) is 0 Å². The smallest absolute Gasteiger partial charge is 0.340 e. The Morgan fingerprint density at radius 2 is 1.95 bits per heavy atom. The topological polar surface area (TPSA) is 81.7 Å². The summed E-state index contributed by atoms with van der Waals surface area (Å²) in [7, 11) is 0. The highest BCUT2D eigenvalue weighted by Gasteiger charge is 2.36. The molecule has 19 heavy (non-hydrogen) atoms. The Bertz CT molecular complexity index is 568. The van der Waals surface area contributed by atoms with E-state index >= 15 is 0 Å². The van der Waals surface area contributed by atoms with Gasteiger partial charge in [-0.05, 0) is 12.5 Å². The van der Waals surface area contributed by atoms with E-state index in [0.717, 1.165) is 0 Å². The van der Waals surface area contributed by atoms with Crippen molar-refractivity contribution in [2.24, 2.45) is 0 Å². The van der Waals surface area contributed by atoms with E-state index in [9.17, 15) is 14.4 Å². The highest BCUT2D eigenvalue weighted by atomic mass is 16.6. The highest BCUT2D eigenvalue weighted by molar-refractivity contribution is 5.94. The van der Waals surface area contributed by atoms with E-state index in [4.69, 9.17) is 4.74 Å². The van der Waals surface area contributed by atoms with Crippen molar-refractivity contribution in [1.29, 1.82) is 0 Å². The third kappa shape index (κ3) is 2.10. The lowest BCUT2D eigenvalue weighted by Crippen LogP contribution is -2.44. The van der Waals surface area contributed by atoms with Crippen LogP contribution in [0.25, 0.3) is 0 Å². The summed E-state index contributed by atoms with van der Waals surface area (Å²) in [5, 5.41) is 2.90. The number of ether oxygens (including phenoxy) is 2. The number of esters is 3. The van der Waals surface area contributed by atoms with Gasteiger partial charge < -0.3 is 9.47 Å². The Morgan fingerprint density at radius 1 is 1.16 bits per heavy atom. The Morgan fingerprint density at radius 3 is 2.74 bits per heavy atom. The molecule has 98 valence electrons. The summed E-state index contributed by atoms with van der Waals surface area (Å²) in [5.74, 6) is -1.57. The lowest BCUT2D eigenvalue weighted by molar-refractivity contribution is -0.166. The van der Waals surface area contributed by atoms with Gasteiger partial charge in [-0.3, -0.25) is 10.1 Å². The third-order valence-electron chi connectivity index (χ3n) is 3.18. The molecule has 0 unspecified atom stereocenters. The number of cyclic esters (lactones) is 3. The molecule has 0 aromatic heterocycles. The van der Waals surface area contributed by atoms with Crippen LogP contribution in [0.4, 0.5) is 0 Å². The van der Waals surface area contributed by atoms with Crippen molar-refractivity contribution in [2.45, 2.75) is 25.1 Å². The second-order valence-corrected chi connectivity index (χ2v) is 4.42. The number of carbonyl (C=O) groups is 3. The Kier molecular flexibility index (Phi) is 2.79. The standard InChI is InChI=1S/C13H11NO5/c15-10-6-5-9(13(17)18-10)14-11-7-3-1-2-4-8(7)12(16)19-11/h1-4,9,11,14H,5-6H2/t9-,11+/m0/s1. The van der Waals surface area contributed by atoms with Crippen molar-refractivity contribution in [3.8, 4) is 0 Å². The summed E-state index contributed by atoms with van der Waals surface area (Å²) in [4.78, 5) is 34.1. The van der Waals surface area contributed by atoms with Crippen LogP contribution in [0.1, 0.15) is 35.0 Å². The fourth-order valence-electron chi connectivity index (χ4n) is 2.22. The number of hydrogen-bond donors (Lipinski definition) is 1. The number of rotatable bonds is 2. The first-order chi connectivity index (χ1) is 9.15. The second-order valence-electron chi connectivity index (χ2n) is 4.42. The first-order valence-corrected chi connectivity index (χ1v) is 5.95. The monoisotopic (exact) mass is 261 g/mol. The van der Waals surface area contributed by atoms with Gasteiger partial charge in [-0.25, -0.2) is 9.59 Å². The van der Waals surface area contributed by atoms with Crippen molar-refractivity contribution in [3.05, 3.63) is 35.4 Å². The van der Waals surface area contributed by atoms with Crippen molar-refractivity contribution in [1.82, 2.24) is 5.32 Å². The zero-order chi connectivity index (χ0) is 13.4. The van der Waals surface area contributed by atoms with Crippen molar-refractivity contribution in [3.63, 3.8) is 0 Å². The maximum absolute atomic E-state index is 11.6. The van der Waals surface area contributed by atoms with Gasteiger partial charge in [0.25, 0.3) is 0 Å². The SMILES string of the molecule is O=C1CC[C@H](N[C@@H]2OC(=O)c3ccccc32)C(=O)O1. The van der Waals surface area contributed by atoms with Gasteiger partial charge in [-0.1, -0.05) is 18.2 Å². The zero-order valence-electron chi connectivity index (χ0n) is 9.92. The van der Waals surface area contributed by atoms with Crippen molar-refractivity contribution in [2.75, 3.05) is 0 Å². The zero-order valence-corrected chi connectivity index (χ0v) is 9.92. The van der Waals surface area contributed by atoms with Crippen LogP contribution >= 0.6 is 0 Å². The molecule has 2 atom stereocenters. The summed E-state index contributed by atoms with van der Waals surface area (Å²) < 4.78 is 9.71. The molecule has 3 rings (SSSR count). The minimum absolute atomic E-state index is 0.172. The average molecular weight is 261 g/mol. The summed E-state index contributed by atoms with van der Waals surface area (Å²) >= 11 is 0. The van der Waals surface area contributed by atoms with Gasteiger partial charge in [0.2, 0.25) is 0 Å². The lowest BCUT2D eigenvalue weighted by atomic mass is 10.1. The first kappa shape index (κ1) is 11.9. The molecule has 6 heteroatoms. The van der Waals surface area contributed by atoms with Crippen molar-refractivity contribution >= 4 is 17.9 Å². The molecule has 1 aromatic rings. The van der Waals surface area contributed by atoms with E-state index in [1.54, 1.807) is 24.3 Å². The molecular weight excluding hydrogens is 250 g/mol. The molecule has 2 heterocycles. The van der Waals surface area contributed by atoms with Crippen LogP contribution in [0.15, 0.2) is 24.3 Å². The summed E-state index contributed by atoms with van der Waals surface area (Å²) in [6.45, 7) is 0. The molecular formula is C13H11NO5. The fourth-order valence-corrected chi connectivity index (χ4v) is 2.22. The van der Waals surface area contributed by atoms with Gasteiger partial charge in [0.15, 0.2) is 6.23 Å². The molecule has 1 saturated heterocycles. The van der Waals surface area contributed by atoms with Crippen LogP contribution in [-0.4, -0.2) is 23.9 Å². The van der Waals surface area contributed by atoms with Crippen LogP contribution < -0.4 is 5.32 Å². The molecule has 0 amide bonds. The van der Waals surface area contributed by atoms with Crippen LogP contribution in [0.3, 0.4) is 0 Å². The third-order valence-corrected chi connectivity index (χ3v) is 3.18. The van der Waals surface area contributed by atoms with Gasteiger partial charge >= 0.3 is 17.9 Å². The molecule has 2 aliphatic heterocycles. The quantitative estimate of drug-likeness (QED) is 0.622. The Labute approximate surface area is 108 Å². The predicted octanol–water partition coefficient (Wildman–Crippen LogP) is 0.677. The molecule has 0 bridgehead atoms. The maximum Gasteiger partial charge on any atom is 0.340 e. The largest absolute Gasteiger partial charge is 0.439 e. The van der Waals surface area contributed by atoms with E-state index in [0.29, 0.717) is 17.5 Å². The predicted molar refractivity (Wildman–Crippen MR) is 61.9 cm³/mol. The van der Waals surface area contributed by atoms with E-state index in [-0.39, 0.29) is 6.42 Å². The van der Waals surface area contributed by atoms with E-state index < -0.39 is 30.2 Å². The molecule has 0 radical (unpaired) electrons. The fraction of sp³-hybridized carbons (Fsp3) is 0.308. The number of carbonyl (C=O) groups excluding carboxylic acids is 3. The van der Waals surface area contributed by atoms with Crippen LogP contribution in [0.5, 0.6) is 0 Å². The van der Waals surface area contributed by atoms with Gasteiger partial charge in [0.1, 0.15) is 6.04 Å². The minimum Gasteiger partial charge on any atom is -0.439 e. The van der Waals surface area contributed by atoms with Gasteiger partial charge in [-0.15, -0.1) is 0 Å². The number of fused-ring (bicyclic) bond motifs is 1. The Hall–Kier alpha value is -2.21. The number of hydrogen-bond acceptors (Lipinski definition) is 6. The average Bonchev–Trinajstić information content (AvgIpc) is 2.71. The van der Waals surface area contributed by atoms with E-state index in [2.05, 4.69) is 10.1 Å². The summed E-state index contributed by atoms with van der Waals surface area (Å²) in [5.41, 5.74) is 1.18. The Balaban J connectivity index is 1.77. The number of nitrogens with one attached hydrogen (secondary N) is 1. The second kappa shape index (κ2) is 4.47. The maximum atomic E-state index is 11.6. The number of benzene rings is 1. The van der Waals surface area contributed by atoms with Crippen LogP contribution in [0, 0.1) is 0 Å². The molecule has 1 N–H and O–H groups in total. The van der Waals surface area contributed by atoms with Crippen molar-refractivity contribution < 1.29 is 23.9 Å². The van der Waals surface area contributed by atoms with Crippen LogP contribution in [0.2, 0.25) is 0 Å². The normalized spacial score (nSPS) is 25.8. The molecule has 0 spiro atoms. The summed E-state index contributed by atoms with van der Waals surface area (Å²) in [6.07, 6.45) is -0.158. The van der Waals surface area contributed by atoms with Gasteiger partial charge in [0, 0.05) is 12.0 Å². The molecule has 6 nitrogen and oxygen atoms in total. The van der Waals surface area contributed by atoms with Gasteiger partial charge in [0.05, 0.1) is 5.56 Å². The van der Waals surface area contributed by atoms with Gasteiger partial charge in [-0.2, -0.15) is 0 Å². The molecule has 0 aliphatic carbocycles. The van der Waals surface area contributed by atoms with E-state index in [1.165, 1.54) is 0 Å².